The van der Waals surface area contributed by atoms with Gasteiger partial charge in [0, 0.05) is 6.54 Å². The topological polar surface area (TPSA) is 65.4 Å². The van der Waals surface area contributed by atoms with E-state index in [2.05, 4.69) is 15.2 Å². The van der Waals surface area contributed by atoms with E-state index >= 15 is 0 Å². The number of aromatic nitrogens is 2. The van der Waals surface area contributed by atoms with Crippen LogP contribution in [0.3, 0.4) is 0 Å². The maximum Gasteiger partial charge on any atom is 0.387 e. The highest BCUT2D eigenvalue weighted by Gasteiger charge is 2.19. The molecule has 31 heavy (non-hydrogen) atoms. The summed E-state index contributed by atoms with van der Waals surface area (Å²) in [5.41, 5.74) is 3.07. The molecule has 164 valence electrons. The van der Waals surface area contributed by atoms with E-state index in [4.69, 9.17) is 4.74 Å². The first-order valence-electron chi connectivity index (χ1n) is 9.52. The quantitative estimate of drug-likeness (QED) is 0.578. The van der Waals surface area contributed by atoms with Crippen molar-refractivity contribution >= 4 is 5.91 Å². The van der Waals surface area contributed by atoms with Crippen molar-refractivity contribution in [2.75, 3.05) is 13.7 Å². The summed E-state index contributed by atoms with van der Waals surface area (Å²) in [6, 6.07) is 10.5. The molecule has 0 atom stereocenters. The van der Waals surface area contributed by atoms with E-state index in [0.29, 0.717) is 35.6 Å². The van der Waals surface area contributed by atoms with E-state index in [9.17, 15) is 18.0 Å². The van der Waals surface area contributed by atoms with Gasteiger partial charge < -0.3 is 14.8 Å². The van der Waals surface area contributed by atoms with Crippen LogP contribution in [-0.4, -0.2) is 36.0 Å². The average molecular weight is 433 g/mol. The van der Waals surface area contributed by atoms with Crippen molar-refractivity contribution < 1.29 is 27.4 Å². The number of benzene rings is 2. The second-order valence-electron chi connectivity index (χ2n) is 6.80. The van der Waals surface area contributed by atoms with E-state index in [0.717, 1.165) is 5.56 Å². The molecule has 0 unspecified atom stereocenters. The van der Waals surface area contributed by atoms with Gasteiger partial charge in [0.25, 0.3) is 5.91 Å². The molecule has 0 saturated carbocycles. The minimum Gasteiger partial charge on any atom is -0.493 e. The molecule has 0 aliphatic carbocycles. The van der Waals surface area contributed by atoms with Crippen molar-refractivity contribution in [1.82, 2.24) is 15.1 Å². The zero-order valence-corrected chi connectivity index (χ0v) is 17.3. The van der Waals surface area contributed by atoms with Crippen LogP contribution in [-0.2, 0) is 6.42 Å². The van der Waals surface area contributed by atoms with Gasteiger partial charge in [-0.15, -0.1) is 0 Å². The predicted octanol–water partition coefficient (Wildman–Crippen LogP) is 4.21. The van der Waals surface area contributed by atoms with Gasteiger partial charge in [-0.25, -0.2) is 9.07 Å². The Hall–Kier alpha value is -3.49. The molecule has 0 aliphatic heterocycles. The van der Waals surface area contributed by atoms with Gasteiger partial charge in [0.2, 0.25) is 0 Å². The van der Waals surface area contributed by atoms with Crippen molar-refractivity contribution in [2.24, 2.45) is 0 Å². The molecule has 2 aromatic carbocycles. The highest BCUT2D eigenvalue weighted by atomic mass is 19.3. The molecule has 0 radical (unpaired) electrons. The van der Waals surface area contributed by atoms with Gasteiger partial charge in [-0.3, -0.25) is 4.79 Å². The first-order valence-corrected chi connectivity index (χ1v) is 9.52. The Kier molecular flexibility index (Phi) is 6.84. The number of carbonyl (C=O) groups is 1. The van der Waals surface area contributed by atoms with Crippen molar-refractivity contribution in [3.05, 3.63) is 70.8 Å². The standard InChI is InChI=1S/C22H22F3N3O3/c1-13-20(14(2)28(27-13)17-7-5-16(23)6-8-17)21(29)26-11-10-15-4-9-18(31-22(24)25)19(12-15)30-3/h4-9,12,22H,10-11H2,1-3H3,(H,26,29). The molecule has 0 aliphatic rings. The summed E-state index contributed by atoms with van der Waals surface area (Å²) in [5, 5.41) is 7.24. The Morgan fingerprint density at radius 3 is 2.48 bits per heavy atom. The first-order chi connectivity index (χ1) is 14.8. The fraction of sp³-hybridized carbons (Fsp3) is 0.273. The van der Waals surface area contributed by atoms with E-state index in [1.165, 1.54) is 25.3 Å². The summed E-state index contributed by atoms with van der Waals surface area (Å²) < 4.78 is 49.1. The number of alkyl halides is 2. The summed E-state index contributed by atoms with van der Waals surface area (Å²) in [4.78, 5) is 12.7. The number of hydrogen-bond donors (Lipinski definition) is 1. The minimum absolute atomic E-state index is 0.0512. The number of halogens is 3. The van der Waals surface area contributed by atoms with Crippen molar-refractivity contribution in [3.8, 4) is 17.2 Å². The first kappa shape index (κ1) is 22.2. The number of rotatable bonds is 8. The molecule has 9 heteroatoms. The fourth-order valence-corrected chi connectivity index (χ4v) is 3.27. The number of aryl methyl sites for hydroxylation is 1. The summed E-state index contributed by atoms with van der Waals surface area (Å²) in [7, 11) is 1.36. The summed E-state index contributed by atoms with van der Waals surface area (Å²) >= 11 is 0. The Bertz CT molecular complexity index is 1070. The molecule has 1 N–H and O–H groups in total. The lowest BCUT2D eigenvalue weighted by Crippen LogP contribution is -2.26. The van der Waals surface area contributed by atoms with Gasteiger partial charge in [0.1, 0.15) is 5.82 Å². The largest absolute Gasteiger partial charge is 0.493 e. The van der Waals surface area contributed by atoms with E-state index in [1.54, 1.807) is 42.8 Å². The third kappa shape index (κ3) is 5.17. The SMILES string of the molecule is COc1cc(CCNC(=O)c2c(C)nn(-c3ccc(F)cc3)c2C)ccc1OC(F)F. The minimum atomic E-state index is -2.94. The summed E-state index contributed by atoms with van der Waals surface area (Å²) in [6.07, 6.45) is 0.460. The van der Waals surface area contributed by atoms with Crippen molar-refractivity contribution in [2.45, 2.75) is 26.9 Å². The molecule has 1 heterocycles. The second-order valence-corrected chi connectivity index (χ2v) is 6.80. The van der Waals surface area contributed by atoms with Crippen LogP contribution in [0.1, 0.15) is 27.3 Å². The maximum atomic E-state index is 13.2. The van der Waals surface area contributed by atoms with Crippen LogP contribution >= 0.6 is 0 Å². The average Bonchev–Trinajstić information content (AvgIpc) is 3.03. The Morgan fingerprint density at radius 2 is 1.84 bits per heavy atom. The molecule has 3 aromatic rings. The number of nitrogens with zero attached hydrogens (tertiary/aromatic N) is 2. The highest BCUT2D eigenvalue weighted by molar-refractivity contribution is 5.96. The predicted molar refractivity (Wildman–Crippen MR) is 109 cm³/mol. The number of carbonyl (C=O) groups excluding carboxylic acids is 1. The molecular formula is C22H22F3N3O3. The molecule has 0 spiro atoms. The van der Waals surface area contributed by atoms with E-state index in [1.807, 2.05) is 0 Å². The second kappa shape index (κ2) is 9.55. The highest BCUT2D eigenvalue weighted by Crippen LogP contribution is 2.29. The van der Waals surface area contributed by atoms with Gasteiger partial charge in [-0.2, -0.15) is 13.9 Å². The third-order valence-electron chi connectivity index (χ3n) is 4.73. The van der Waals surface area contributed by atoms with Crippen molar-refractivity contribution in [3.63, 3.8) is 0 Å². The van der Waals surface area contributed by atoms with Crippen molar-refractivity contribution in [1.29, 1.82) is 0 Å². The van der Waals surface area contributed by atoms with E-state index < -0.39 is 6.61 Å². The molecule has 0 fully saturated rings. The van der Waals surface area contributed by atoms with Gasteiger partial charge in [0.15, 0.2) is 11.5 Å². The van der Waals surface area contributed by atoms with Crippen LogP contribution in [0.25, 0.3) is 5.69 Å². The van der Waals surface area contributed by atoms with Crippen LogP contribution in [0.2, 0.25) is 0 Å². The molecule has 3 rings (SSSR count). The smallest absolute Gasteiger partial charge is 0.387 e. The van der Waals surface area contributed by atoms with Crippen LogP contribution in [0.4, 0.5) is 13.2 Å². The number of methoxy groups -OCH3 is 1. The number of nitrogens with one attached hydrogen (secondary N) is 1. The third-order valence-corrected chi connectivity index (χ3v) is 4.73. The summed E-state index contributed by atoms with van der Waals surface area (Å²) in [5.74, 6) is -0.497. The molecule has 0 saturated heterocycles. The Balaban J connectivity index is 1.67. The molecule has 1 amide bonds. The maximum absolute atomic E-state index is 13.2. The zero-order chi connectivity index (χ0) is 22.5. The van der Waals surface area contributed by atoms with Gasteiger partial charge >= 0.3 is 6.61 Å². The van der Waals surface area contributed by atoms with Crippen LogP contribution < -0.4 is 14.8 Å². The number of hydrogen-bond acceptors (Lipinski definition) is 4. The van der Waals surface area contributed by atoms with Crippen LogP contribution in [0.15, 0.2) is 42.5 Å². The Morgan fingerprint density at radius 1 is 1.13 bits per heavy atom. The normalized spacial score (nSPS) is 10.9. The van der Waals surface area contributed by atoms with Gasteiger partial charge in [0.05, 0.1) is 29.7 Å². The summed E-state index contributed by atoms with van der Waals surface area (Å²) in [6.45, 7) is 0.873. The lowest BCUT2D eigenvalue weighted by Gasteiger charge is -2.12. The van der Waals surface area contributed by atoms with E-state index in [-0.39, 0.29) is 23.2 Å². The molecule has 6 nitrogen and oxygen atoms in total. The molecular weight excluding hydrogens is 411 g/mol. The molecule has 0 bridgehead atoms. The zero-order valence-electron chi connectivity index (χ0n) is 17.3. The lowest BCUT2D eigenvalue weighted by atomic mass is 10.1. The lowest BCUT2D eigenvalue weighted by molar-refractivity contribution is -0.0512. The van der Waals surface area contributed by atoms with Crippen LogP contribution in [0.5, 0.6) is 11.5 Å². The van der Waals surface area contributed by atoms with Gasteiger partial charge in [-0.05, 0) is 62.2 Å². The fourth-order valence-electron chi connectivity index (χ4n) is 3.27. The Labute approximate surface area is 177 Å². The number of ether oxygens (including phenoxy) is 2. The number of amides is 1. The molecule has 1 aromatic heterocycles. The monoisotopic (exact) mass is 433 g/mol. The van der Waals surface area contributed by atoms with Crippen LogP contribution in [0, 0.1) is 19.7 Å². The van der Waals surface area contributed by atoms with Gasteiger partial charge in [-0.1, -0.05) is 6.07 Å².